The summed E-state index contributed by atoms with van der Waals surface area (Å²) in [5.41, 5.74) is 0.413. The lowest BCUT2D eigenvalue weighted by Gasteiger charge is -2.15. The van der Waals surface area contributed by atoms with Gasteiger partial charge in [0.1, 0.15) is 5.01 Å². The molecule has 20 heavy (non-hydrogen) atoms. The first-order valence-corrected chi connectivity index (χ1v) is 7.74. The average Bonchev–Trinajstić information content (AvgIpc) is 3.14. The molecule has 104 valence electrons. The van der Waals surface area contributed by atoms with Gasteiger partial charge in [0.05, 0.1) is 5.41 Å². The van der Waals surface area contributed by atoms with E-state index in [1.165, 1.54) is 11.3 Å². The zero-order valence-corrected chi connectivity index (χ0v) is 12.6. The van der Waals surface area contributed by atoms with E-state index in [1.54, 1.807) is 0 Å². The molecule has 1 heterocycles. The minimum Gasteiger partial charge on any atom is -0.300 e. The van der Waals surface area contributed by atoms with Gasteiger partial charge in [0.15, 0.2) is 0 Å². The minimum absolute atomic E-state index is 0.0376. The fraction of sp³-hybridized carbons (Fsp3) is 0.357. The molecule has 0 spiro atoms. The average molecular weight is 308 g/mol. The van der Waals surface area contributed by atoms with E-state index >= 15 is 0 Å². The van der Waals surface area contributed by atoms with Crippen LogP contribution in [0.1, 0.15) is 30.3 Å². The van der Waals surface area contributed by atoms with Gasteiger partial charge >= 0.3 is 0 Å². The van der Waals surface area contributed by atoms with Crippen LogP contribution in [0.25, 0.3) is 0 Å². The van der Waals surface area contributed by atoms with Gasteiger partial charge < -0.3 is 0 Å². The first-order valence-electron chi connectivity index (χ1n) is 6.54. The van der Waals surface area contributed by atoms with Crippen LogP contribution < -0.4 is 5.32 Å². The quantitative estimate of drug-likeness (QED) is 0.941. The van der Waals surface area contributed by atoms with E-state index in [2.05, 4.69) is 15.5 Å². The van der Waals surface area contributed by atoms with Crippen molar-refractivity contribution >= 4 is 34.0 Å². The number of nitrogens with one attached hydrogen (secondary N) is 1. The Balaban J connectivity index is 1.82. The molecule has 0 saturated heterocycles. The molecule has 0 unspecified atom stereocenters. The van der Waals surface area contributed by atoms with Crippen LogP contribution in [0, 0.1) is 0 Å². The van der Waals surface area contributed by atoms with Crippen LogP contribution >= 0.6 is 22.9 Å². The molecule has 1 saturated carbocycles. The number of hydrogen-bond acceptors (Lipinski definition) is 4. The maximum Gasteiger partial charge on any atom is 0.236 e. The van der Waals surface area contributed by atoms with Crippen LogP contribution in [-0.2, 0) is 16.6 Å². The molecule has 1 amide bonds. The molecule has 0 atom stereocenters. The normalized spacial score (nSPS) is 15.9. The van der Waals surface area contributed by atoms with Crippen molar-refractivity contribution in [2.45, 2.75) is 31.6 Å². The van der Waals surface area contributed by atoms with Gasteiger partial charge in [-0.15, -0.1) is 10.2 Å². The zero-order chi connectivity index (χ0) is 14.2. The predicted octanol–water partition coefficient (Wildman–Crippen LogP) is 3.42. The lowest BCUT2D eigenvalue weighted by Crippen LogP contribution is -2.28. The van der Waals surface area contributed by atoms with E-state index in [0.29, 0.717) is 10.2 Å². The third kappa shape index (κ3) is 2.31. The highest BCUT2D eigenvalue weighted by atomic mass is 35.5. The number of rotatable bonds is 4. The Hall–Kier alpha value is -1.46. The Morgan fingerprint density at radius 3 is 2.75 bits per heavy atom. The van der Waals surface area contributed by atoms with E-state index < -0.39 is 5.41 Å². The van der Waals surface area contributed by atoms with Gasteiger partial charge in [-0.3, -0.25) is 10.1 Å². The highest BCUT2D eigenvalue weighted by Crippen LogP contribution is 2.51. The van der Waals surface area contributed by atoms with Crippen LogP contribution in [0.5, 0.6) is 0 Å². The molecule has 4 nitrogen and oxygen atoms in total. The van der Waals surface area contributed by atoms with Gasteiger partial charge in [-0.05, 0) is 30.9 Å². The smallest absolute Gasteiger partial charge is 0.236 e. The number of amides is 1. The van der Waals surface area contributed by atoms with E-state index in [1.807, 2.05) is 31.2 Å². The molecular formula is C14H14ClN3OS. The molecule has 3 rings (SSSR count). The van der Waals surface area contributed by atoms with Gasteiger partial charge in [-0.2, -0.15) is 0 Å². The lowest BCUT2D eigenvalue weighted by molar-refractivity contribution is -0.118. The van der Waals surface area contributed by atoms with Crippen molar-refractivity contribution in [1.82, 2.24) is 10.2 Å². The summed E-state index contributed by atoms with van der Waals surface area (Å²) in [5, 5.41) is 13.0. The number of carbonyl (C=O) groups excluding carboxylic acids is 1. The Kier molecular flexibility index (Phi) is 3.48. The van der Waals surface area contributed by atoms with E-state index in [0.717, 1.165) is 29.8 Å². The fourth-order valence-corrected chi connectivity index (χ4v) is 3.25. The molecule has 1 aliphatic carbocycles. The van der Waals surface area contributed by atoms with Crippen molar-refractivity contribution < 1.29 is 4.79 Å². The van der Waals surface area contributed by atoms with Crippen molar-refractivity contribution in [2.75, 3.05) is 5.32 Å². The molecule has 1 aromatic heterocycles. The van der Waals surface area contributed by atoms with Crippen molar-refractivity contribution in [3.8, 4) is 0 Å². The minimum atomic E-state index is -0.490. The standard InChI is InChI=1S/C14H14ClN3OS/c1-2-11-17-18-13(20-11)16-12(19)14(7-8-14)9-5-3-4-6-10(9)15/h3-6H,2,7-8H2,1H3,(H,16,18,19). The van der Waals surface area contributed by atoms with Crippen LogP contribution in [0.15, 0.2) is 24.3 Å². The fourth-order valence-electron chi connectivity index (χ4n) is 2.26. The number of hydrogen-bond donors (Lipinski definition) is 1. The van der Waals surface area contributed by atoms with Gasteiger partial charge in [0, 0.05) is 5.02 Å². The second-order valence-corrected chi connectivity index (χ2v) is 6.34. The second-order valence-electron chi connectivity index (χ2n) is 4.87. The predicted molar refractivity (Wildman–Crippen MR) is 80.3 cm³/mol. The van der Waals surface area contributed by atoms with Crippen LogP contribution in [-0.4, -0.2) is 16.1 Å². The van der Waals surface area contributed by atoms with Crippen molar-refractivity contribution in [3.05, 3.63) is 39.9 Å². The summed E-state index contributed by atoms with van der Waals surface area (Å²) in [6.07, 6.45) is 2.47. The Morgan fingerprint density at radius 1 is 1.40 bits per heavy atom. The third-order valence-corrected chi connectivity index (χ3v) is 4.88. The zero-order valence-electron chi connectivity index (χ0n) is 11.0. The Morgan fingerprint density at radius 2 is 2.15 bits per heavy atom. The number of halogens is 1. The van der Waals surface area contributed by atoms with Crippen molar-refractivity contribution in [2.24, 2.45) is 0 Å². The molecule has 1 aromatic carbocycles. The largest absolute Gasteiger partial charge is 0.300 e. The molecule has 0 aliphatic heterocycles. The van der Waals surface area contributed by atoms with Gasteiger partial charge in [-0.1, -0.05) is 48.1 Å². The summed E-state index contributed by atoms with van der Waals surface area (Å²) in [6, 6.07) is 7.53. The SMILES string of the molecule is CCc1nnc(NC(=O)C2(c3ccccc3Cl)CC2)s1. The molecule has 0 bridgehead atoms. The number of anilines is 1. The van der Waals surface area contributed by atoms with Crippen LogP contribution in [0.3, 0.4) is 0 Å². The van der Waals surface area contributed by atoms with E-state index in [4.69, 9.17) is 11.6 Å². The summed E-state index contributed by atoms with van der Waals surface area (Å²) in [5.74, 6) is -0.0376. The van der Waals surface area contributed by atoms with Crippen molar-refractivity contribution in [1.29, 1.82) is 0 Å². The third-order valence-electron chi connectivity index (χ3n) is 3.56. The number of benzene rings is 1. The first-order chi connectivity index (χ1) is 9.65. The topological polar surface area (TPSA) is 54.9 Å². The number of nitrogens with zero attached hydrogens (tertiary/aromatic N) is 2. The van der Waals surface area contributed by atoms with Crippen LogP contribution in [0.2, 0.25) is 5.02 Å². The molecule has 1 aliphatic rings. The van der Waals surface area contributed by atoms with Gasteiger partial charge in [0.2, 0.25) is 11.0 Å². The van der Waals surface area contributed by atoms with Crippen molar-refractivity contribution in [3.63, 3.8) is 0 Å². The van der Waals surface area contributed by atoms with Gasteiger partial charge in [-0.25, -0.2) is 0 Å². The highest BCUT2D eigenvalue weighted by Gasteiger charge is 2.52. The molecule has 2 aromatic rings. The highest BCUT2D eigenvalue weighted by molar-refractivity contribution is 7.15. The number of aryl methyl sites for hydroxylation is 1. The molecule has 6 heteroatoms. The summed E-state index contributed by atoms with van der Waals surface area (Å²) in [4.78, 5) is 12.5. The second kappa shape index (κ2) is 5.14. The van der Waals surface area contributed by atoms with E-state index in [-0.39, 0.29) is 5.91 Å². The lowest BCUT2D eigenvalue weighted by atomic mass is 9.95. The Bertz CT molecular complexity index is 651. The maximum atomic E-state index is 12.5. The van der Waals surface area contributed by atoms with Gasteiger partial charge in [0.25, 0.3) is 0 Å². The Labute approximate surface area is 126 Å². The summed E-state index contributed by atoms with van der Waals surface area (Å²) in [6.45, 7) is 2.01. The van der Waals surface area contributed by atoms with Crippen LogP contribution in [0.4, 0.5) is 5.13 Å². The summed E-state index contributed by atoms with van der Waals surface area (Å²) >= 11 is 7.63. The monoisotopic (exact) mass is 307 g/mol. The molecule has 1 fully saturated rings. The number of carbonyl (C=O) groups is 1. The summed E-state index contributed by atoms with van der Waals surface area (Å²) in [7, 11) is 0. The maximum absolute atomic E-state index is 12.5. The van der Waals surface area contributed by atoms with E-state index in [9.17, 15) is 4.79 Å². The molecule has 0 radical (unpaired) electrons. The molecular weight excluding hydrogens is 294 g/mol. The summed E-state index contributed by atoms with van der Waals surface area (Å²) < 4.78 is 0. The number of aromatic nitrogens is 2. The molecule has 1 N–H and O–H groups in total. The first kappa shape index (κ1) is 13.5.